The van der Waals surface area contributed by atoms with Crippen molar-refractivity contribution in [3.05, 3.63) is 154 Å². The van der Waals surface area contributed by atoms with Crippen molar-refractivity contribution < 1.29 is 19.1 Å². The van der Waals surface area contributed by atoms with Crippen molar-refractivity contribution in [2.24, 2.45) is 11.8 Å². The lowest BCUT2D eigenvalue weighted by Gasteiger charge is -2.39. The highest BCUT2D eigenvalue weighted by Crippen LogP contribution is 2.51. The number of carbonyl (C=O) groups is 2. The first kappa shape index (κ1) is 52.1. The van der Waals surface area contributed by atoms with Crippen LogP contribution in [-0.4, -0.2) is 131 Å². The number of likely N-dealkylation sites (tertiary alicyclic amines) is 2. The number of benzene rings is 4. The van der Waals surface area contributed by atoms with Crippen LogP contribution in [0.2, 0.25) is 10.0 Å². The van der Waals surface area contributed by atoms with Crippen molar-refractivity contribution in [2.45, 2.75) is 88.3 Å². The minimum absolute atomic E-state index is 0.208. The number of fused-ring (bicyclic) bond motifs is 6. The standard InChI is InChI=1S/C60H72Cl2N8O4/c1-3-74-40-39-68(42-45-26-35-67(36-27-45)56(72)23-29-60(47-16-20-49(62)21-17-47)54-13-7-5-11-52(54)58-65-32-38-70(58)60)50(43-73-2)9-8-30-63-41-44-24-33-66(34-25-44)55(71)22-28-59(46-14-18-48(61)19-15-46)53-12-6-4-10-51(53)57-64-31-37-69(57)59/h4-7,10-21,31-32,37-38,44-45,50,63H,3,8-9,22-30,33-36,39-43H2,1-2H3. The minimum atomic E-state index is -0.546. The molecule has 0 saturated carbocycles. The van der Waals surface area contributed by atoms with Crippen LogP contribution < -0.4 is 5.32 Å². The highest BCUT2D eigenvalue weighted by Gasteiger charge is 2.47. The zero-order valence-electron chi connectivity index (χ0n) is 43.1. The van der Waals surface area contributed by atoms with E-state index in [0.29, 0.717) is 67.4 Å². The van der Waals surface area contributed by atoms with Crippen LogP contribution >= 0.6 is 23.2 Å². The highest BCUT2D eigenvalue weighted by atomic mass is 35.5. The normalized spacial score (nSPS) is 19.9. The summed E-state index contributed by atoms with van der Waals surface area (Å²) in [6.45, 7) is 10.9. The predicted octanol–water partition coefficient (Wildman–Crippen LogP) is 10.4. The Morgan fingerprint density at radius 3 is 1.72 bits per heavy atom. The zero-order valence-corrected chi connectivity index (χ0v) is 44.7. The number of aromatic nitrogens is 4. The Morgan fingerprint density at radius 1 is 0.716 bits per heavy atom. The number of rotatable bonds is 23. The number of methoxy groups -OCH3 is 1. The molecule has 2 saturated heterocycles. The fourth-order valence-electron chi connectivity index (χ4n) is 12.9. The molecule has 12 nitrogen and oxygen atoms in total. The van der Waals surface area contributed by atoms with Crippen LogP contribution in [0.3, 0.4) is 0 Å². The molecule has 0 spiro atoms. The summed E-state index contributed by atoms with van der Waals surface area (Å²) in [4.78, 5) is 44.4. The SMILES string of the molecule is CCOCCN(CC1CCN(C(=O)CCC2(c3ccc(Cl)cc3)c3ccccc3-c3nccn32)CC1)C(CCCNCC1CCN(C(=O)CCC2(c3ccc(Cl)cc3)c3ccccc3-c3nccn32)CC1)COC. The van der Waals surface area contributed by atoms with Gasteiger partial charge in [0.15, 0.2) is 0 Å². The van der Waals surface area contributed by atoms with Gasteiger partial charge in [-0.2, -0.15) is 0 Å². The maximum Gasteiger partial charge on any atom is 0.222 e. The quantitative estimate of drug-likeness (QED) is 0.0632. The summed E-state index contributed by atoms with van der Waals surface area (Å²) < 4.78 is 16.3. The molecule has 4 aromatic carbocycles. The molecule has 6 aromatic rings. The van der Waals surface area contributed by atoms with Crippen LogP contribution in [0.25, 0.3) is 22.8 Å². The van der Waals surface area contributed by atoms with Crippen molar-refractivity contribution in [1.29, 1.82) is 0 Å². The van der Waals surface area contributed by atoms with Gasteiger partial charge in [0.1, 0.15) is 11.6 Å². The van der Waals surface area contributed by atoms with Crippen LogP contribution in [0.15, 0.2) is 122 Å². The molecule has 2 aromatic heterocycles. The molecule has 10 rings (SSSR count). The maximum atomic E-state index is 14.1. The van der Waals surface area contributed by atoms with Crippen molar-refractivity contribution >= 4 is 35.0 Å². The van der Waals surface area contributed by atoms with E-state index in [0.717, 1.165) is 125 Å². The zero-order chi connectivity index (χ0) is 51.1. The number of halogens is 2. The number of hydrogen-bond donors (Lipinski definition) is 1. The van der Waals surface area contributed by atoms with Crippen LogP contribution in [0.4, 0.5) is 0 Å². The van der Waals surface area contributed by atoms with Gasteiger partial charge in [-0.1, -0.05) is 96.0 Å². The molecule has 6 heterocycles. The van der Waals surface area contributed by atoms with Crippen molar-refractivity contribution in [1.82, 2.24) is 39.1 Å². The minimum Gasteiger partial charge on any atom is -0.383 e. The summed E-state index contributed by atoms with van der Waals surface area (Å²) in [5, 5.41) is 5.17. The Kier molecular flexibility index (Phi) is 16.7. The smallest absolute Gasteiger partial charge is 0.222 e. The van der Waals surface area contributed by atoms with Crippen LogP contribution in [0.5, 0.6) is 0 Å². The number of nitrogens with zero attached hydrogens (tertiary/aromatic N) is 7. The van der Waals surface area contributed by atoms with Crippen LogP contribution in [-0.2, 0) is 30.1 Å². The highest BCUT2D eigenvalue weighted by molar-refractivity contribution is 6.30. The second kappa shape index (κ2) is 23.7. The van der Waals surface area contributed by atoms with Gasteiger partial charge in [-0.25, -0.2) is 9.97 Å². The fourth-order valence-corrected chi connectivity index (χ4v) is 13.1. The van der Waals surface area contributed by atoms with Gasteiger partial charge in [0.05, 0.1) is 24.3 Å². The molecule has 2 amide bonds. The van der Waals surface area contributed by atoms with E-state index >= 15 is 0 Å². The number of amides is 2. The molecule has 0 aliphatic carbocycles. The third kappa shape index (κ3) is 10.6. The molecule has 0 bridgehead atoms. The van der Waals surface area contributed by atoms with Crippen molar-refractivity contribution in [2.75, 3.05) is 79.3 Å². The first-order chi connectivity index (χ1) is 36.2. The van der Waals surface area contributed by atoms with E-state index in [-0.39, 0.29) is 17.9 Å². The van der Waals surface area contributed by atoms with Gasteiger partial charge in [0.25, 0.3) is 0 Å². The summed E-state index contributed by atoms with van der Waals surface area (Å²) in [5.74, 6) is 3.32. The largest absolute Gasteiger partial charge is 0.383 e. The first-order valence-electron chi connectivity index (χ1n) is 27.1. The Balaban J connectivity index is 0.682. The van der Waals surface area contributed by atoms with E-state index in [1.807, 2.05) is 50.0 Å². The third-order valence-corrected chi connectivity index (χ3v) is 17.2. The lowest BCUT2D eigenvalue weighted by atomic mass is 9.79. The average Bonchev–Trinajstić information content (AvgIpc) is 4.23. The van der Waals surface area contributed by atoms with Crippen LogP contribution in [0, 0.1) is 11.8 Å². The van der Waals surface area contributed by atoms with Gasteiger partial charge in [0, 0.05) is 118 Å². The van der Waals surface area contributed by atoms with Gasteiger partial charge < -0.3 is 33.7 Å². The van der Waals surface area contributed by atoms with Gasteiger partial charge in [-0.15, -0.1) is 0 Å². The van der Waals surface area contributed by atoms with Crippen molar-refractivity contribution in [3.63, 3.8) is 0 Å². The number of carbonyl (C=O) groups excluding carboxylic acids is 2. The van der Waals surface area contributed by atoms with E-state index in [1.165, 1.54) is 11.1 Å². The summed E-state index contributed by atoms with van der Waals surface area (Å²) in [5.41, 5.74) is 5.71. The van der Waals surface area contributed by atoms with E-state index in [1.54, 1.807) is 0 Å². The topological polar surface area (TPSA) is 110 Å². The Morgan fingerprint density at radius 2 is 1.22 bits per heavy atom. The lowest BCUT2D eigenvalue weighted by Crippen LogP contribution is -2.47. The van der Waals surface area contributed by atoms with Gasteiger partial charge in [0.2, 0.25) is 11.8 Å². The second-order valence-electron chi connectivity index (χ2n) is 20.9. The average molecular weight is 1040 g/mol. The molecule has 4 aliphatic rings. The van der Waals surface area contributed by atoms with Gasteiger partial charge in [-0.05, 0) is 130 Å². The number of piperidine rings is 2. The molecule has 1 N–H and O–H groups in total. The maximum absolute atomic E-state index is 14.1. The molecule has 390 valence electrons. The fraction of sp³-hybridized carbons (Fsp3) is 0.467. The summed E-state index contributed by atoms with van der Waals surface area (Å²) in [7, 11) is 1.81. The molecular formula is C60H72Cl2N8O4. The molecule has 14 heteroatoms. The first-order valence-corrected chi connectivity index (χ1v) is 27.9. The number of hydrogen-bond acceptors (Lipinski definition) is 8. The monoisotopic (exact) mass is 1040 g/mol. The van der Waals surface area contributed by atoms with Gasteiger partial charge in [-0.3, -0.25) is 14.5 Å². The molecule has 2 fully saturated rings. The van der Waals surface area contributed by atoms with Crippen molar-refractivity contribution in [3.8, 4) is 22.8 Å². The Labute approximate surface area is 447 Å². The van der Waals surface area contributed by atoms with Crippen LogP contribution in [0.1, 0.15) is 93.4 Å². The summed E-state index contributed by atoms with van der Waals surface area (Å²) in [6.07, 6.45) is 16.0. The Hall–Kier alpha value is -5.34. The Bertz CT molecular complexity index is 2820. The summed E-state index contributed by atoms with van der Waals surface area (Å²) >= 11 is 12.8. The van der Waals surface area contributed by atoms with E-state index < -0.39 is 11.1 Å². The molecule has 3 unspecified atom stereocenters. The molecular weight excluding hydrogens is 968 g/mol. The third-order valence-electron chi connectivity index (χ3n) is 16.7. The summed E-state index contributed by atoms with van der Waals surface area (Å²) in [6, 6.07) is 33.3. The lowest BCUT2D eigenvalue weighted by molar-refractivity contribution is -0.133. The predicted molar refractivity (Wildman–Crippen MR) is 293 cm³/mol. The van der Waals surface area contributed by atoms with Gasteiger partial charge >= 0.3 is 0 Å². The van der Waals surface area contributed by atoms with E-state index in [9.17, 15) is 9.59 Å². The molecule has 4 aliphatic heterocycles. The number of nitrogens with one attached hydrogen (secondary N) is 1. The molecule has 3 atom stereocenters. The number of imidazole rings is 2. The molecule has 74 heavy (non-hydrogen) atoms. The van der Waals surface area contributed by atoms with E-state index in [2.05, 4.69) is 115 Å². The second-order valence-corrected chi connectivity index (χ2v) is 21.7. The number of ether oxygens (including phenoxy) is 2. The molecule has 0 radical (unpaired) electrons. The van der Waals surface area contributed by atoms with E-state index in [4.69, 9.17) is 42.6 Å².